The molecular weight excluding hydrogens is 302 g/mol. The molecule has 0 atom stereocenters. The molecule has 0 aromatic heterocycles. The number of rotatable bonds is 6. The summed E-state index contributed by atoms with van der Waals surface area (Å²) in [5, 5.41) is 2.56. The van der Waals surface area contributed by atoms with E-state index in [0.717, 1.165) is 4.47 Å². The van der Waals surface area contributed by atoms with Crippen molar-refractivity contribution in [2.24, 2.45) is 0 Å². The normalized spacial score (nSPS) is 9.67. The second kappa shape index (κ2) is 7.71. The average Bonchev–Trinajstić information content (AvgIpc) is 2.38. The molecule has 5 nitrogen and oxygen atoms in total. The van der Waals surface area contributed by atoms with E-state index in [1.165, 1.54) is 7.11 Å². The first-order chi connectivity index (χ1) is 8.61. The lowest BCUT2D eigenvalue weighted by atomic mass is 10.3. The first kappa shape index (κ1) is 14.5. The summed E-state index contributed by atoms with van der Waals surface area (Å²) < 4.78 is 10.6. The molecule has 0 aliphatic heterocycles. The summed E-state index contributed by atoms with van der Waals surface area (Å²) in [7, 11) is 1.31. The predicted octanol–water partition coefficient (Wildman–Crippen LogP) is 1.51. The summed E-state index contributed by atoms with van der Waals surface area (Å²) in [6, 6.07) is 7.16. The SMILES string of the molecule is COC(=O)CCNC(=O)COc1ccc(Br)cc1. The topological polar surface area (TPSA) is 64.6 Å². The highest BCUT2D eigenvalue weighted by Crippen LogP contribution is 2.15. The highest BCUT2D eigenvalue weighted by atomic mass is 79.9. The van der Waals surface area contributed by atoms with Crippen molar-refractivity contribution in [3.05, 3.63) is 28.7 Å². The van der Waals surface area contributed by atoms with Crippen LogP contribution in [0.5, 0.6) is 5.75 Å². The zero-order chi connectivity index (χ0) is 13.4. The van der Waals surface area contributed by atoms with E-state index >= 15 is 0 Å². The van der Waals surface area contributed by atoms with Crippen LogP contribution in [-0.2, 0) is 14.3 Å². The zero-order valence-electron chi connectivity index (χ0n) is 9.94. The number of hydrogen-bond donors (Lipinski definition) is 1. The van der Waals surface area contributed by atoms with E-state index in [-0.39, 0.29) is 31.4 Å². The van der Waals surface area contributed by atoms with Crippen LogP contribution in [0.15, 0.2) is 28.7 Å². The van der Waals surface area contributed by atoms with Crippen LogP contribution in [-0.4, -0.2) is 32.1 Å². The molecule has 0 aliphatic rings. The van der Waals surface area contributed by atoms with Gasteiger partial charge in [0, 0.05) is 11.0 Å². The number of carbonyl (C=O) groups excluding carboxylic acids is 2. The van der Waals surface area contributed by atoms with Crippen molar-refractivity contribution in [3.63, 3.8) is 0 Å². The number of amides is 1. The molecule has 18 heavy (non-hydrogen) atoms. The molecule has 0 unspecified atom stereocenters. The number of nitrogens with one attached hydrogen (secondary N) is 1. The molecule has 1 amide bonds. The van der Waals surface area contributed by atoms with E-state index in [1.54, 1.807) is 12.1 Å². The third-order valence-corrected chi connectivity index (χ3v) is 2.59. The Kier molecular flexibility index (Phi) is 6.21. The van der Waals surface area contributed by atoms with Gasteiger partial charge in [-0.1, -0.05) is 15.9 Å². The molecule has 0 heterocycles. The molecule has 0 saturated heterocycles. The lowest BCUT2D eigenvalue weighted by Gasteiger charge is -2.07. The summed E-state index contributed by atoms with van der Waals surface area (Å²) >= 11 is 3.30. The fourth-order valence-electron chi connectivity index (χ4n) is 1.14. The molecule has 0 radical (unpaired) electrons. The van der Waals surface area contributed by atoms with Gasteiger partial charge in [0.2, 0.25) is 0 Å². The zero-order valence-corrected chi connectivity index (χ0v) is 11.5. The van der Waals surface area contributed by atoms with Crippen molar-refractivity contribution in [1.82, 2.24) is 5.32 Å². The second-order valence-corrected chi connectivity index (χ2v) is 4.33. The molecule has 6 heteroatoms. The molecule has 0 bridgehead atoms. The van der Waals surface area contributed by atoms with Crippen LogP contribution in [0.2, 0.25) is 0 Å². The smallest absolute Gasteiger partial charge is 0.307 e. The van der Waals surface area contributed by atoms with Crippen molar-refractivity contribution in [2.45, 2.75) is 6.42 Å². The van der Waals surface area contributed by atoms with E-state index in [9.17, 15) is 9.59 Å². The molecule has 98 valence electrons. The average molecular weight is 316 g/mol. The van der Waals surface area contributed by atoms with E-state index in [0.29, 0.717) is 5.75 Å². The number of esters is 1. The monoisotopic (exact) mass is 315 g/mol. The maximum atomic E-state index is 11.4. The van der Waals surface area contributed by atoms with Gasteiger partial charge in [-0.2, -0.15) is 0 Å². The van der Waals surface area contributed by atoms with Gasteiger partial charge in [0.05, 0.1) is 13.5 Å². The molecular formula is C12H14BrNO4. The molecule has 1 N–H and O–H groups in total. The Balaban J connectivity index is 2.21. The Hall–Kier alpha value is -1.56. The van der Waals surface area contributed by atoms with Crippen molar-refractivity contribution in [1.29, 1.82) is 0 Å². The molecule has 1 aromatic rings. The standard InChI is InChI=1S/C12H14BrNO4/c1-17-12(16)6-7-14-11(15)8-18-10-4-2-9(13)3-5-10/h2-5H,6-8H2,1H3,(H,14,15). The van der Waals surface area contributed by atoms with Crippen LogP contribution in [0.25, 0.3) is 0 Å². The number of halogens is 1. The Morgan fingerprint density at radius 3 is 2.56 bits per heavy atom. The molecule has 1 rings (SSSR count). The lowest BCUT2D eigenvalue weighted by molar-refractivity contribution is -0.140. The molecule has 0 saturated carbocycles. The van der Waals surface area contributed by atoms with Gasteiger partial charge in [0.1, 0.15) is 5.75 Å². The Labute approximate surface area is 114 Å². The minimum Gasteiger partial charge on any atom is -0.484 e. The maximum Gasteiger partial charge on any atom is 0.307 e. The minimum atomic E-state index is -0.357. The van der Waals surface area contributed by atoms with Crippen molar-refractivity contribution in [3.8, 4) is 5.75 Å². The number of methoxy groups -OCH3 is 1. The third kappa shape index (κ3) is 5.67. The Morgan fingerprint density at radius 1 is 1.28 bits per heavy atom. The largest absolute Gasteiger partial charge is 0.484 e. The number of hydrogen-bond acceptors (Lipinski definition) is 4. The van der Waals surface area contributed by atoms with Crippen molar-refractivity contribution < 1.29 is 19.1 Å². The summed E-state index contributed by atoms with van der Waals surface area (Å²) in [5.41, 5.74) is 0. The van der Waals surface area contributed by atoms with Crippen LogP contribution < -0.4 is 10.1 Å². The van der Waals surface area contributed by atoms with Gasteiger partial charge < -0.3 is 14.8 Å². The number of benzene rings is 1. The van der Waals surface area contributed by atoms with Crippen LogP contribution in [0.3, 0.4) is 0 Å². The fourth-order valence-corrected chi connectivity index (χ4v) is 1.40. The maximum absolute atomic E-state index is 11.4. The van der Waals surface area contributed by atoms with Crippen LogP contribution in [0, 0.1) is 0 Å². The highest BCUT2D eigenvalue weighted by molar-refractivity contribution is 9.10. The summed E-state index contributed by atoms with van der Waals surface area (Å²) in [6.45, 7) is 0.165. The minimum absolute atomic E-state index is 0.0806. The van der Waals surface area contributed by atoms with E-state index in [2.05, 4.69) is 26.0 Å². The van der Waals surface area contributed by atoms with Crippen LogP contribution in [0.1, 0.15) is 6.42 Å². The van der Waals surface area contributed by atoms with E-state index < -0.39 is 0 Å². The fraction of sp³-hybridized carbons (Fsp3) is 0.333. The van der Waals surface area contributed by atoms with Gasteiger partial charge in [-0.05, 0) is 24.3 Å². The highest BCUT2D eigenvalue weighted by Gasteiger charge is 2.04. The lowest BCUT2D eigenvalue weighted by Crippen LogP contribution is -2.30. The molecule has 0 spiro atoms. The summed E-state index contributed by atoms with van der Waals surface area (Å²) in [4.78, 5) is 22.2. The van der Waals surface area contributed by atoms with E-state index in [1.807, 2.05) is 12.1 Å². The van der Waals surface area contributed by atoms with Crippen LogP contribution >= 0.6 is 15.9 Å². The predicted molar refractivity (Wildman–Crippen MR) is 69.3 cm³/mol. The number of carbonyl (C=O) groups is 2. The molecule has 0 fully saturated rings. The van der Waals surface area contributed by atoms with Gasteiger partial charge in [-0.25, -0.2) is 0 Å². The quantitative estimate of drug-likeness (QED) is 0.808. The van der Waals surface area contributed by atoms with E-state index in [4.69, 9.17) is 4.74 Å². The van der Waals surface area contributed by atoms with Gasteiger partial charge in [-0.15, -0.1) is 0 Å². The Morgan fingerprint density at radius 2 is 1.94 bits per heavy atom. The molecule has 1 aromatic carbocycles. The van der Waals surface area contributed by atoms with Gasteiger partial charge in [-0.3, -0.25) is 9.59 Å². The summed E-state index contributed by atoms with van der Waals surface area (Å²) in [6.07, 6.45) is 0.153. The van der Waals surface area contributed by atoms with Gasteiger partial charge >= 0.3 is 5.97 Å². The first-order valence-electron chi connectivity index (χ1n) is 5.33. The van der Waals surface area contributed by atoms with Crippen LogP contribution in [0.4, 0.5) is 0 Å². The molecule has 0 aliphatic carbocycles. The summed E-state index contributed by atoms with van der Waals surface area (Å²) in [5.74, 6) is -0.0210. The first-order valence-corrected chi connectivity index (χ1v) is 6.13. The van der Waals surface area contributed by atoms with Crippen molar-refractivity contribution in [2.75, 3.05) is 20.3 Å². The van der Waals surface area contributed by atoms with Crippen molar-refractivity contribution >= 4 is 27.8 Å². The van der Waals surface area contributed by atoms with Gasteiger partial charge in [0.25, 0.3) is 5.91 Å². The Bertz CT molecular complexity index is 405. The third-order valence-electron chi connectivity index (χ3n) is 2.06. The second-order valence-electron chi connectivity index (χ2n) is 3.42. The van der Waals surface area contributed by atoms with Gasteiger partial charge in [0.15, 0.2) is 6.61 Å². The number of ether oxygens (including phenoxy) is 2.